The summed E-state index contributed by atoms with van der Waals surface area (Å²) in [6.07, 6.45) is 1.50. The standard InChI is InChI=1S/C22H37FN2O6Si/c1-8-10-22(11-9-2)30-16-15(13-28-32(6,7)21(3,4)5)29-19(17(16)31-22)25-12-14(23)18(26)24-20(25)27/h12,15-17,19H,8-11,13H2,1-7H3,(H,24,26,27)/t15-,16?,17+,19-/m1/s1. The van der Waals surface area contributed by atoms with Crippen LogP contribution >= 0.6 is 0 Å². The highest BCUT2D eigenvalue weighted by molar-refractivity contribution is 6.74. The van der Waals surface area contributed by atoms with Gasteiger partial charge in [-0.2, -0.15) is 4.39 Å². The molecule has 0 amide bonds. The van der Waals surface area contributed by atoms with Crippen molar-refractivity contribution in [3.05, 3.63) is 32.9 Å². The molecule has 182 valence electrons. The van der Waals surface area contributed by atoms with Gasteiger partial charge in [0.2, 0.25) is 5.82 Å². The molecule has 1 aromatic rings. The van der Waals surface area contributed by atoms with E-state index in [0.29, 0.717) is 12.8 Å². The van der Waals surface area contributed by atoms with Crippen LogP contribution in [0.5, 0.6) is 0 Å². The molecular formula is C22H37FN2O6Si. The number of fused-ring (bicyclic) bond motifs is 1. The maximum Gasteiger partial charge on any atom is 0.330 e. The van der Waals surface area contributed by atoms with Gasteiger partial charge in [-0.1, -0.05) is 47.5 Å². The number of aromatic amines is 1. The SMILES string of the molecule is CCCC1(CCC)OC2[C@@H](CO[Si](C)(C)C(C)(C)C)O[C@@H](n3cc(F)c(=O)[nH]c3=O)[C@H]2O1. The molecule has 0 aromatic carbocycles. The minimum Gasteiger partial charge on any atom is -0.414 e. The Labute approximate surface area is 189 Å². The Bertz CT molecular complexity index is 918. The van der Waals surface area contributed by atoms with Gasteiger partial charge < -0.3 is 18.6 Å². The maximum absolute atomic E-state index is 14.0. The molecule has 0 bridgehead atoms. The lowest BCUT2D eigenvalue weighted by Crippen LogP contribution is -2.44. The first-order valence-corrected chi connectivity index (χ1v) is 14.4. The average Bonchev–Trinajstić information content (AvgIpc) is 3.19. The van der Waals surface area contributed by atoms with Gasteiger partial charge >= 0.3 is 5.69 Å². The lowest BCUT2D eigenvalue weighted by Gasteiger charge is -2.37. The van der Waals surface area contributed by atoms with Gasteiger partial charge in [0.15, 0.2) is 20.3 Å². The highest BCUT2D eigenvalue weighted by Gasteiger charge is 2.58. The van der Waals surface area contributed by atoms with Gasteiger partial charge in [-0.05, 0) is 18.1 Å². The molecule has 1 unspecified atom stereocenters. The zero-order valence-electron chi connectivity index (χ0n) is 20.2. The summed E-state index contributed by atoms with van der Waals surface area (Å²) in [5.74, 6) is -1.83. The number of H-pyrrole nitrogens is 1. The molecule has 2 fully saturated rings. The predicted octanol–water partition coefficient (Wildman–Crippen LogP) is 3.68. The summed E-state index contributed by atoms with van der Waals surface area (Å²) in [4.78, 5) is 26.0. The third-order valence-corrected chi connectivity index (χ3v) is 11.4. The molecular weight excluding hydrogens is 435 g/mol. The Hall–Kier alpha value is -1.33. The monoisotopic (exact) mass is 472 g/mol. The summed E-state index contributed by atoms with van der Waals surface area (Å²) < 4.78 is 40.5. The van der Waals surface area contributed by atoms with Crippen molar-refractivity contribution in [1.29, 1.82) is 0 Å². The summed E-state index contributed by atoms with van der Waals surface area (Å²) in [5, 5.41) is 0.0185. The quantitative estimate of drug-likeness (QED) is 0.581. The van der Waals surface area contributed by atoms with Crippen LogP contribution in [0, 0.1) is 5.82 Å². The van der Waals surface area contributed by atoms with Gasteiger partial charge in [0.25, 0.3) is 5.56 Å². The van der Waals surface area contributed by atoms with Crippen molar-refractivity contribution < 1.29 is 23.0 Å². The molecule has 10 heteroatoms. The van der Waals surface area contributed by atoms with E-state index in [0.717, 1.165) is 23.6 Å². The first kappa shape index (κ1) is 25.3. The number of nitrogens with one attached hydrogen (secondary N) is 1. The van der Waals surface area contributed by atoms with E-state index in [9.17, 15) is 14.0 Å². The fourth-order valence-electron chi connectivity index (χ4n) is 4.14. The van der Waals surface area contributed by atoms with Crippen molar-refractivity contribution in [2.75, 3.05) is 6.61 Å². The minimum absolute atomic E-state index is 0.0185. The highest BCUT2D eigenvalue weighted by Crippen LogP contribution is 2.47. The van der Waals surface area contributed by atoms with Gasteiger partial charge in [-0.3, -0.25) is 14.3 Å². The van der Waals surface area contributed by atoms with Crippen molar-refractivity contribution in [3.63, 3.8) is 0 Å². The van der Waals surface area contributed by atoms with Gasteiger partial charge in [0, 0.05) is 12.8 Å². The van der Waals surface area contributed by atoms with Crippen LogP contribution in [0.4, 0.5) is 4.39 Å². The first-order chi connectivity index (χ1) is 14.8. The van der Waals surface area contributed by atoms with Crippen molar-refractivity contribution >= 4 is 8.32 Å². The average molecular weight is 473 g/mol. The van der Waals surface area contributed by atoms with Crippen LogP contribution in [0.25, 0.3) is 0 Å². The number of hydrogen-bond acceptors (Lipinski definition) is 6. The summed E-state index contributed by atoms with van der Waals surface area (Å²) in [7, 11) is -2.06. The number of aromatic nitrogens is 2. The van der Waals surface area contributed by atoms with E-state index < -0.39 is 55.7 Å². The van der Waals surface area contributed by atoms with Crippen LogP contribution in [0.3, 0.4) is 0 Å². The zero-order valence-corrected chi connectivity index (χ0v) is 21.2. The van der Waals surface area contributed by atoms with Crippen LogP contribution < -0.4 is 11.2 Å². The summed E-state index contributed by atoms with van der Waals surface area (Å²) >= 11 is 0. The molecule has 0 saturated carbocycles. The molecule has 8 nitrogen and oxygen atoms in total. The van der Waals surface area contributed by atoms with Crippen molar-refractivity contribution in [2.45, 2.75) is 109 Å². The van der Waals surface area contributed by atoms with Gasteiger partial charge in [0.1, 0.15) is 18.3 Å². The lowest BCUT2D eigenvalue weighted by molar-refractivity contribution is -0.227. The van der Waals surface area contributed by atoms with E-state index >= 15 is 0 Å². The van der Waals surface area contributed by atoms with Gasteiger partial charge in [-0.25, -0.2) is 4.79 Å². The Kier molecular flexibility index (Phi) is 7.22. The number of hydrogen-bond donors (Lipinski definition) is 1. The number of halogens is 1. The van der Waals surface area contributed by atoms with Crippen LogP contribution in [0.15, 0.2) is 15.8 Å². The highest BCUT2D eigenvalue weighted by atomic mass is 28.4. The molecule has 0 spiro atoms. The fraction of sp³-hybridized carbons (Fsp3) is 0.818. The molecule has 1 N–H and O–H groups in total. The van der Waals surface area contributed by atoms with Crippen LogP contribution in [-0.2, 0) is 18.6 Å². The first-order valence-electron chi connectivity index (χ1n) is 11.5. The Morgan fingerprint density at radius 3 is 2.31 bits per heavy atom. The van der Waals surface area contributed by atoms with Crippen molar-refractivity contribution in [2.24, 2.45) is 0 Å². The largest absolute Gasteiger partial charge is 0.414 e. The van der Waals surface area contributed by atoms with E-state index in [4.69, 9.17) is 18.6 Å². The molecule has 1 aromatic heterocycles. The molecule has 0 aliphatic carbocycles. The van der Waals surface area contributed by atoms with E-state index in [1.54, 1.807) is 0 Å². The van der Waals surface area contributed by atoms with Gasteiger partial charge in [-0.15, -0.1) is 0 Å². The molecule has 2 aliphatic heterocycles. The third-order valence-electron chi connectivity index (χ3n) is 6.86. The predicted molar refractivity (Wildman–Crippen MR) is 121 cm³/mol. The van der Waals surface area contributed by atoms with E-state index in [2.05, 4.69) is 47.7 Å². The second-order valence-electron chi connectivity index (χ2n) is 10.4. The van der Waals surface area contributed by atoms with E-state index in [1.807, 2.05) is 4.98 Å². The minimum atomic E-state index is -2.06. The topological polar surface area (TPSA) is 91.8 Å². The smallest absolute Gasteiger partial charge is 0.330 e. The molecule has 32 heavy (non-hydrogen) atoms. The summed E-state index contributed by atoms with van der Waals surface area (Å²) in [6, 6.07) is 0. The number of rotatable bonds is 8. The van der Waals surface area contributed by atoms with Crippen molar-refractivity contribution in [1.82, 2.24) is 9.55 Å². The second kappa shape index (κ2) is 9.13. The lowest BCUT2D eigenvalue weighted by atomic mass is 10.1. The Morgan fingerprint density at radius 2 is 1.75 bits per heavy atom. The number of nitrogens with zero attached hydrogens (tertiary/aromatic N) is 1. The Morgan fingerprint density at radius 1 is 1.16 bits per heavy atom. The second-order valence-corrected chi connectivity index (χ2v) is 15.2. The maximum atomic E-state index is 14.0. The van der Waals surface area contributed by atoms with E-state index in [-0.39, 0.29) is 11.6 Å². The zero-order chi connectivity index (χ0) is 23.9. The normalized spacial score (nSPS) is 27.6. The molecule has 3 heterocycles. The molecule has 0 radical (unpaired) electrons. The Balaban J connectivity index is 1.94. The summed E-state index contributed by atoms with van der Waals surface area (Å²) in [5.41, 5.74) is -1.81. The van der Waals surface area contributed by atoms with Crippen molar-refractivity contribution in [3.8, 4) is 0 Å². The molecule has 3 rings (SSSR count). The fourth-order valence-corrected chi connectivity index (χ4v) is 5.15. The molecule has 2 aliphatic rings. The van der Waals surface area contributed by atoms with Crippen LogP contribution in [-0.4, -0.2) is 48.6 Å². The third kappa shape index (κ3) is 4.79. The van der Waals surface area contributed by atoms with Crippen LogP contribution in [0.1, 0.15) is 66.5 Å². The summed E-state index contributed by atoms with van der Waals surface area (Å²) in [6.45, 7) is 15.2. The number of ether oxygens (including phenoxy) is 3. The molecule has 2 saturated heterocycles. The van der Waals surface area contributed by atoms with E-state index in [1.165, 1.54) is 0 Å². The van der Waals surface area contributed by atoms with Crippen LogP contribution in [0.2, 0.25) is 18.1 Å². The molecule has 4 atom stereocenters. The van der Waals surface area contributed by atoms with Gasteiger partial charge in [0.05, 0.1) is 12.8 Å².